The number of aliphatic hydroxyl groups is 1. The van der Waals surface area contributed by atoms with Crippen molar-refractivity contribution in [2.24, 2.45) is 5.92 Å². The van der Waals surface area contributed by atoms with E-state index in [1.807, 2.05) is 18.2 Å². The summed E-state index contributed by atoms with van der Waals surface area (Å²) in [4.78, 5) is 2.31. The Morgan fingerprint density at radius 1 is 1.26 bits per heavy atom. The van der Waals surface area contributed by atoms with Crippen molar-refractivity contribution in [2.75, 3.05) is 11.9 Å². The molecule has 0 saturated heterocycles. The van der Waals surface area contributed by atoms with E-state index in [0.29, 0.717) is 6.04 Å². The largest absolute Gasteiger partial charge is 0.389 e. The lowest BCUT2D eigenvalue weighted by molar-refractivity contribution is 0.199. The number of aliphatic hydroxyl groups excluding tert-OH is 1. The summed E-state index contributed by atoms with van der Waals surface area (Å²) in [6.07, 6.45) is 4.63. The first-order chi connectivity index (χ1) is 8.99. The third-order valence-corrected chi connectivity index (χ3v) is 4.67. The second-order valence-electron chi connectivity index (χ2n) is 5.91. The normalized spacial score (nSPS) is 25.1. The highest BCUT2D eigenvalue weighted by molar-refractivity contribution is 6.33. The molecule has 1 fully saturated rings. The standard InChI is InChI=1S/C16H24ClNO/c1-11-4-7-14(8-5-11)18(3)16-9-6-13(12(2)19)10-15(16)17/h6,9-12,14,19H,4-5,7-8H2,1-3H3/t11?,12-,14?/m0/s1. The highest BCUT2D eigenvalue weighted by Gasteiger charge is 2.23. The Balaban J connectivity index is 2.12. The van der Waals surface area contributed by atoms with Crippen LogP contribution in [0.5, 0.6) is 0 Å². The molecule has 0 spiro atoms. The molecule has 1 atom stereocenters. The van der Waals surface area contributed by atoms with Crippen molar-refractivity contribution >= 4 is 17.3 Å². The van der Waals surface area contributed by atoms with E-state index in [1.54, 1.807) is 6.92 Å². The SMILES string of the molecule is CC1CCC(N(C)c2ccc([C@H](C)O)cc2Cl)CC1. The van der Waals surface area contributed by atoms with Crippen LogP contribution >= 0.6 is 11.6 Å². The van der Waals surface area contributed by atoms with Crippen molar-refractivity contribution in [1.29, 1.82) is 0 Å². The molecule has 2 rings (SSSR count). The number of anilines is 1. The molecule has 1 N–H and O–H groups in total. The molecule has 1 aliphatic carbocycles. The predicted octanol–water partition coefficient (Wildman–Crippen LogP) is 4.41. The average molecular weight is 282 g/mol. The highest BCUT2D eigenvalue weighted by Crippen LogP contribution is 2.34. The molecule has 0 amide bonds. The molecule has 2 nitrogen and oxygen atoms in total. The first-order valence-electron chi connectivity index (χ1n) is 7.19. The summed E-state index contributed by atoms with van der Waals surface area (Å²) in [6.45, 7) is 4.10. The Bertz CT molecular complexity index is 425. The van der Waals surface area contributed by atoms with Crippen molar-refractivity contribution in [3.05, 3.63) is 28.8 Å². The van der Waals surface area contributed by atoms with Gasteiger partial charge in [0.1, 0.15) is 0 Å². The van der Waals surface area contributed by atoms with Crippen molar-refractivity contribution in [2.45, 2.75) is 51.7 Å². The monoisotopic (exact) mass is 281 g/mol. The van der Waals surface area contributed by atoms with Crippen LogP contribution in [0.2, 0.25) is 5.02 Å². The van der Waals surface area contributed by atoms with Crippen LogP contribution < -0.4 is 4.90 Å². The fourth-order valence-electron chi connectivity index (χ4n) is 2.90. The summed E-state index contributed by atoms with van der Waals surface area (Å²) in [7, 11) is 2.13. The van der Waals surface area contributed by atoms with Crippen LogP contribution in [-0.4, -0.2) is 18.2 Å². The van der Waals surface area contributed by atoms with Gasteiger partial charge in [-0.15, -0.1) is 0 Å². The summed E-state index contributed by atoms with van der Waals surface area (Å²) in [5.41, 5.74) is 1.95. The lowest BCUT2D eigenvalue weighted by Gasteiger charge is -2.35. The van der Waals surface area contributed by atoms with Gasteiger partial charge in [-0.3, -0.25) is 0 Å². The zero-order chi connectivity index (χ0) is 14.0. The Kier molecular flexibility index (Phi) is 4.75. The van der Waals surface area contributed by atoms with Gasteiger partial charge in [0.25, 0.3) is 0 Å². The zero-order valence-corrected chi connectivity index (χ0v) is 12.8. The fourth-order valence-corrected chi connectivity index (χ4v) is 3.22. The summed E-state index contributed by atoms with van der Waals surface area (Å²) in [5, 5.41) is 10.3. The molecule has 0 radical (unpaired) electrons. The van der Waals surface area contributed by atoms with Gasteiger partial charge >= 0.3 is 0 Å². The molecule has 19 heavy (non-hydrogen) atoms. The Morgan fingerprint density at radius 3 is 2.42 bits per heavy atom. The lowest BCUT2D eigenvalue weighted by atomic mass is 9.86. The van der Waals surface area contributed by atoms with Gasteiger partial charge in [-0.2, -0.15) is 0 Å². The minimum Gasteiger partial charge on any atom is -0.389 e. The molecule has 106 valence electrons. The van der Waals surface area contributed by atoms with Crippen LogP contribution in [0.3, 0.4) is 0 Å². The summed E-state index contributed by atoms with van der Waals surface area (Å²) < 4.78 is 0. The summed E-state index contributed by atoms with van der Waals surface area (Å²) in [5.74, 6) is 0.859. The van der Waals surface area contributed by atoms with E-state index in [2.05, 4.69) is 18.9 Å². The number of hydrogen-bond acceptors (Lipinski definition) is 2. The molecule has 0 heterocycles. The fraction of sp³-hybridized carbons (Fsp3) is 0.625. The van der Waals surface area contributed by atoms with E-state index in [1.165, 1.54) is 25.7 Å². The highest BCUT2D eigenvalue weighted by atomic mass is 35.5. The van der Waals surface area contributed by atoms with Crippen molar-refractivity contribution in [3.8, 4) is 0 Å². The molecule has 1 aromatic rings. The van der Waals surface area contributed by atoms with Crippen molar-refractivity contribution < 1.29 is 5.11 Å². The smallest absolute Gasteiger partial charge is 0.0762 e. The van der Waals surface area contributed by atoms with E-state index in [0.717, 1.165) is 22.2 Å². The lowest BCUT2D eigenvalue weighted by Crippen LogP contribution is -2.35. The maximum Gasteiger partial charge on any atom is 0.0762 e. The molecule has 0 aliphatic heterocycles. The van der Waals surface area contributed by atoms with Crippen LogP contribution in [0.4, 0.5) is 5.69 Å². The molecular weight excluding hydrogens is 258 g/mol. The van der Waals surface area contributed by atoms with Gasteiger partial charge in [-0.1, -0.05) is 24.6 Å². The van der Waals surface area contributed by atoms with E-state index >= 15 is 0 Å². The van der Waals surface area contributed by atoms with Gasteiger partial charge in [-0.25, -0.2) is 0 Å². The van der Waals surface area contributed by atoms with Gasteiger partial charge in [0, 0.05) is 13.1 Å². The van der Waals surface area contributed by atoms with Gasteiger partial charge in [0.2, 0.25) is 0 Å². The van der Waals surface area contributed by atoms with Crippen LogP contribution in [0, 0.1) is 5.92 Å². The Hall–Kier alpha value is -0.730. The predicted molar refractivity (Wildman–Crippen MR) is 81.9 cm³/mol. The van der Waals surface area contributed by atoms with Gasteiger partial charge < -0.3 is 10.0 Å². The van der Waals surface area contributed by atoms with Gasteiger partial charge in [0.05, 0.1) is 16.8 Å². The molecule has 1 aromatic carbocycles. The minimum absolute atomic E-state index is 0.465. The van der Waals surface area contributed by atoms with Crippen molar-refractivity contribution in [3.63, 3.8) is 0 Å². The number of nitrogens with zero attached hydrogens (tertiary/aromatic N) is 1. The quantitative estimate of drug-likeness (QED) is 0.887. The third-order valence-electron chi connectivity index (χ3n) is 4.37. The number of halogens is 1. The summed E-state index contributed by atoms with van der Waals surface area (Å²) in [6, 6.07) is 6.46. The minimum atomic E-state index is -0.465. The maximum atomic E-state index is 9.58. The van der Waals surface area contributed by atoms with E-state index < -0.39 is 6.10 Å². The summed E-state index contributed by atoms with van der Waals surface area (Å²) >= 11 is 6.36. The average Bonchev–Trinajstić information content (AvgIpc) is 2.38. The second-order valence-corrected chi connectivity index (χ2v) is 6.32. The molecule has 0 unspecified atom stereocenters. The number of rotatable bonds is 3. The van der Waals surface area contributed by atoms with E-state index in [9.17, 15) is 5.11 Å². The van der Waals surface area contributed by atoms with Crippen LogP contribution in [-0.2, 0) is 0 Å². The molecule has 0 aromatic heterocycles. The Labute approximate surface area is 121 Å². The number of hydrogen-bond donors (Lipinski definition) is 1. The molecule has 3 heteroatoms. The molecule has 0 bridgehead atoms. The molecule has 1 saturated carbocycles. The maximum absolute atomic E-state index is 9.58. The van der Waals surface area contributed by atoms with Crippen LogP contribution in [0.1, 0.15) is 51.2 Å². The second kappa shape index (κ2) is 6.15. The first kappa shape index (κ1) is 14.7. The van der Waals surface area contributed by atoms with E-state index in [-0.39, 0.29) is 0 Å². The van der Waals surface area contributed by atoms with Crippen molar-refractivity contribution in [1.82, 2.24) is 0 Å². The van der Waals surface area contributed by atoms with Crippen LogP contribution in [0.15, 0.2) is 18.2 Å². The zero-order valence-electron chi connectivity index (χ0n) is 12.1. The molecular formula is C16H24ClNO. The van der Waals surface area contributed by atoms with Gasteiger partial charge in [0.15, 0.2) is 0 Å². The first-order valence-corrected chi connectivity index (χ1v) is 7.57. The molecule has 1 aliphatic rings. The third kappa shape index (κ3) is 3.43. The van der Waals surface area contributed by atoms with Gasteiger partial charge in [-0.05, 0) is 56.2 Å². The number of benzene rings is 1. The van der Waals surface area contributed by atoms with E-state index in [4.69, 9.17) is 11.6 Å². The van der Waals surface area contributed by atoms with Crippen LogP contribution in [0.25, 0.3) is 0 Å². The Morgan fingerprint density at radius 2 is 1.89 bits per heavy atom. The topological polar surface area (TPSA) is 23.5 Å².